The molecule has 2 aliphatic rings. The average Bonchev–Trinajstić information content (AvgIpc) is 3.50. The lowest BCUT2D eigenvalue weighted by Crippen LogP contribution is -2.52. The van der Waals surface area contributed by atoms with E-state index >= 15 is 0 Å². The number of fused-ring (bicyclic) bond motifs is 2. The highest BCUT2D eigenvalue weighted by atomic mass is 32.1. The van der Waals surface area contributed by atoms with Crippen LogP contribution in [0.15, 0.2) is 66.2 Å². The molecule has 1 unspecified atom stereocenters. The Kier molecular flexibility index (Phi) is 4.50. The molecule has 2 aliphatic heterocycles. The number of hydrogen-bond donors (Lipinski definition) is 2. The van der Waals surface area contributed by atoms with Crippen LogP contribution in [0.1, 0.15) is 21.5 Å². The second kappa shape index (κ2) is 7.46. The van der Waals surface area contributed by atoms with Gasteiger partial charge >= 0.3 is 6.03 Å². The van der Waals surface area contributed by atoms with Crippen molar-refractivity contribution in [1.29, 1.82) is 0 Å². The van der Waals surface area contributed by atoms with Gasteiger partial charge in [-0.2, -0.15) is 0 Å². The first-order chi connectivity index (χ1) is 16.4. The highest BCUT2D eigenvalue weighted by Gasteiger charge is 2.50. The molecule has 0 saturated carbocycles. The fraction of sp³-hybridized carbons (Fsp3) is 0.120. The number of rotatable bonds is 4. The van der Waals surface area contributed by atoms with Crippen molar-refractivity contribution in [2.75, 3.05) is 6.54 Å². The van der Waals surface area contributed by atoms with Crippen molar-refractivity contribution in [3.05, 3.63) is 88.7 Å². The van der Waals surface area contributed by atoms with Gasteiger partial charge in [0.25, 0.3) is 11.8 Å². The Morgan fingerprint density at radius 3 is 2.56 bits per heavy atom. The number of benzene rings is 3. The highest BCUT2D eigenvalue weighted by molar-refractivity contribution is 7.16. The summed E-state index contributed by atoms with van der Waals surface area (Å²) >= 11 is 1.56. The van der Waals surface area contributed by atoms with Gasteiger partial charge in [-0.05, 0) is 46.5 Å². The first kappa shape index (κ1) is 20.5. The standard InChI is InChI=1S/C25H17FN4O3S/c26-18-7-3-16-11-30(22(31)19(16)10-18)12-25(23(32)28-24(33)29-25)17-5-1-14(2-6-17)15-4-8-20-21(9-15)34-13-27-20/h1-10,13H,11-12H2,(H2,28,29,32,33). The molecular weight excluding hydrogens is 455 g/mol. The Morgan fingerprint density at radius 2 is 1.79 bits per heavy atom. The highest BCUT2D eigenvalue weighted by Crippen LogP contribution is 2.33. The van der Waals surface area contributed by atoms with Crippen LogP contribution in [0.3, 0.4) is 0 Å². The van der Waals surface area contributed by atoms with Gasteiger partial charge in [-0.25, -0.2) is 14.2 Å². The number of urea groups is 1. The third kappa shape index (κ3) is 3.16. The number of imide groups is 1. The summed E-state index contributed by atoms with van der Waals surface area (Å²) in [7, 11) is 0. The molecule has 3 heterocycles. The zero-order valence-electron chi connectivity index (χ0n) is 17.7. The number of carbonyl (C=O) groups excluding carboxylic acids is 3. The van der Waals surface area contributed by atoms with Crippen molar-refractivity contribution in [1.82, 2.24) is 20.5 Å². The monoisotopic (exact) mass is 472 g/mol. The molecule has 3 aromatic carbocycles. The van der Waals surface area contributed by atoms with Crippen LogP contribution in [0.25, 0.3) is 21.3 Å². The predicted octanol–water partition coefficient (Wildman–Crippen LogP) is 3.79. The average molecular weight is 473 g/mol. The molecule has 6 rings (SSSR count). The van der Waals surface area contributed by atoms with Crippen molar-refractivity contribution >= 4 is 39.4 Å². The normalized spacial score (nSPS) is 19.4. The van der Waals surface area contributed by atoms with E-state index in [0.29, 0.717) is 11.1 Å². The summed E-state index contributed by atoms with van der Waals surface area (Å²) in [6.45, 7) is 0.151. The number of nitrogens with zero attached hydrogens (tertiary/aromatic N) is 2. The van der Waals surface area contributed by atoms with E-state index in [0.717, 1.165) is 21.3 Å². The predicted molar refractivity (Wildman–Crippen MR) is 125 cm³/mol. The zero-order valence-corrected chi connectivity index (χ0v) is 18.5. The molecule has 34 heavy (non-hydrogen) atoms. The van der Waals surface area contributed by atoms with Gasteiger partial charge in [0.15, 0.2) is 5.54 Å². The zero-order chi connectivity index (χ0) is 23.4. The molecule has 2 N–H and O–H groups in total. The Balaban J connectivity index is 1.34. The number of hydrogen-bond acceptors (Lipinski definition) is 5. The lowest BCUT2D eigenvalue weighted by atomic mass is 9.88. The summed E-state index contributed by atoms with van der Waals surface area (Å²) in [6, 6.07) is 16.8. The fourth-order valence-corrected chi connectivity index (χ4v) is 5.34. The van der Waals surface area contributed by atoms with Crippen LogP contribution in [0.5, 0.6) is 0 Å². The second-order valence-electron chi connectivity index (χ2n) is 8.39. The van der Waals surface area contributed by atoms with Crippen molar-refractivity contribution in [3.63, 3.8) is 0 Å². The topological polar surface area (TPSA) is 91.4 Å². The lowest BCUT2D eigenvalue weighted by molar-refractivity contribution is -0.124. The third-order valence-electron chi connectivity index (χ3n) is 6.36. The van der Waals surface area contributed by atoms with Gasteiger partial charge in [0, 0.05) is 12.1 Å². The van der Waals surface area contributed by atoms with Gasteiger partial charge in [0.2, 0.25) is 0 Å². The van der Waals surface area contributed by atoms with Gasteiger partial charge in [-0.15, -0.1) is 11.3 Å². The van der Waals surface area contributed by atoms with Crippen LogP contribution in [-0.2, 0) is 16.9 Å². The fourth-order valence-electron chi connectivity index (χ4n) is 4.63. The Hall–Kier alpha value is -4.11. The van der Waals surface area contributed by atoms with Crippen LogP contribution in [0.2, 0.25) is 0 Å². The van der Waals surface area contributed by atoms with Gasteiger partial charge in [0.05, 0.1) is 22.3 Å². The lowest BCUT2D eigenvalue weighted by Gasteiger charge is -2.31. The number of amides is 4. The van der Waals surface area contributed by atoms with Crippen molar-refractivity contribution in [3.8, 4) is 11.1 Å². The Labute approximate surface area is 197 Å². The SMILES string of the molecule is O=C1NC(=O)C(CN2Cc3ccc(F)cc3C2=O)(c2ccc(-c3ccc4ncsc4c3)cc2)N1. The van der Waals surface area contributed by atoms with E-state index in [2.05, 4.69) is 21.7 Å². The number of aromatic nitrogens is 1. The minimum Gasteiger partial charge on any atom is -0.331 e. The molecule has 9 heteroatoms. The second-order valence-corrected chi connectivity index (χ2v) is 9.27. The van der Waals surface area contributed by atoms with E-state index < -0.39 is 23.3 Å². The van der Waals surface area contributed by atoms with Crippen LogP contribution in [-0.4, -0.2) is 34.3 Å². The number of carbonyl (C=O) groups is 3. The van der Waals surface area contributed by atoms with Crippen molar-refractivity contribution < 1.29 is 18.8 Å². The van der Waals surface area contributed by atoms with Crippen LogP contribution in [0.4, 0.5) is 9.18 Å². The summed E-state index contributed by atoms with van der Waals surface area (Å²) in [5.41, 5.74) is 4.74. The number of thiazole rings is 1. The van der Waals surface area contributed by atoms with Crippen molar-refractivity contribution in [2.24, 2.45) is 0 Å². The third-order valence-corrected chi connectivity index (χ3v) is 7.15. The maximum Gasteiger partial charge on any atom is 0.322 e. The smallest absolute Gasteiger partial charge is 0.322 e. The number of nitrogens with one attached hydrogen (secondary N) is 2. The minimum atomic E-state index is -1.45. The molecule has 7 nitrogen and oxygen atoms in total. The molecule has 0 aliphatic carbocycles. The molecule has 4 amide bonds. The molecule has 168 valence electrons. The molecule has 4 aromatic rings. The first-order valence-electron chi connectivity index (χ1n) is 10.6. The van der Waals surface area contributed by atoms with E-state index in [1.807, 2.05) is 24.3 Å². The van der Waals surface area contributed by atoms with Gasteiger partial charge < -0.3 is 10.2 Å². The maximum atomic E-state index is 13.7. The minimum absolute atomic E-state index is 0.0775. The summed E-state index contributed by atoms with van der Waals surface area (Å²) in [5, 5.41) is 5.02. The molecule has 1 fully saturated rings. The van der Waals surface area contributed by atoms with E-state index in [1.54, 1.807) is 35.0 Å². The van der Waals surface area contributed by atoms with Crippen molar-refractivity contribution in [2.45, 2.75) is 12.1 Å². The summed E-state index contributed by atoms with van der Waals surface area (Å²) in [5.74, 6) is -1.41. The summed E-state index contributed by atoms with van der Waals surface area (Å²) in [4.78, 5) is 43.8. The maximum absolute atomic E-state index is 13.7. The van der Waals surface area contributed by atoms with Crippen LogP contribution < -0.4 is 10.6 Å². The largest absolute Gasteiger partial charge is 0.331 e. The van der Waals surface area contributed by atoms with E-state index in [4.69, 9.17) is 0 Å². The van der Waals surface area contributed by atoms with Crippen LogP contribution in [0, 0.1) is 5.82 Å². The quantitative estimate of drug-likeness (QED) is 0.442. The molecule has 0 radical (unpaired) electrons. The number of halogens is 1. The van der Waals surface area contributed by atoms with E-state index in [1.165, 1.54) is 17.0 Å². The summed E-state index contributed by atoms with van der Waals surface area (Å²) in [6.07, 6.45) is 0. The van der Waals surface area contributed by atoms with Crippen LogP contribution >= 0.6 is 11.3 Å². The molecule has 0 bridgehead atoms. The Morgan fingerprint density at radius 1 is 1.00 bits per heavy atom. The van der Waals surface area contributed by atoms with Gasteiger partial charge in [-0.1, -0.05) is 36.4 Å². The van der Waals surface area contributed by atoms with Gasteiger partial charge in [0.1, 0.15) is 5.82 Å². The molecule has 1 atom stereocenters. The first-order valence-corrected chi connectivity index (χ1v) is 11.5. The van der Waals surface area contributed by atoms with E-state index in [-0.39, 0.29) is 24.6 Å². The summed E-state index contributed by atoms with van der Waals surface area (Å²) < 4.78 is 14.7. The Bertz CT molecular complexity index is 1500. The van der Waals surface area contributed by atoms with Gasteiger partial charge in [-0.3, -0.25) is 14.9 Å². The molecule has 0 spiro atoms. The molecular formula is C25H17FN4O3S. The molecule has 1 saturated heterocycles. The van der Waals surface area contributed by atoms with E-state index in [9.17, 15) is 18.8 Å². The molecule has 1 aromatic heterocycles.